The number of thioether (sulfide) groups is 1. The molecule has 1 aliphatic carbocycles. The summed E-state index contributed by atoms with van der Waals surface area (Å²) < 4.78 is 0.493. The van der Waals surface area contributed by atoms with Gasteiger partial charge in [-0.25, -0.2) is 0 Å². The minimum atomic E-state index is -0.371. The van der Waals surface area contributed by atoms with Gasteiger partial charge in [0.1, 0.15) is 0 Å². The summed E-state index contributed by atoms with van der Waals surface area (Å²) in [5.74, 6) is -0.371. The van der Waals surface area contributed by atoms with Crippen molar-refractivity contribution in [2.75, 3.05) is 12.8 Å². The van der Waals surface area contributed by atoms with Crippen LogP contribution in [0, 0.1) is 0 Å². The van der Waals surface area contributed by atoms with E-state index in [0.717, 1.165) is 13.1 Å². The molecular weight excluding hydrogens is 232 g/mol. The number of primary amides is 1. The van der Waals surface area contributed by atoms with Gasteiger partial charge in [0.15, 0.2) is 0 Å². The van der Waals surface area contributed by atoms with Crippen molar-refractivity contribution in [1.82, 2.24) is 5.32 Å². The normalized spacial score (nSPS) is 16.8. The highest BCUT2D eigenvalue weighted by Crippen LogP contribution is 2.46. The summed E-state index contributed by atoms with van der Waals surface area (Å²) >= 11 is 1.96. The van der Waals surface area contributed by atoms with Crippen LogP contribution in [-0.2, 0) is 6.54 Å². The Morgan fingerprint density at radius 3 is 2.53 bits per heavy atom. The molecule has 0 bridgehead atoms. The second-order valence-electron chi connectivity index (χ2n) is 4.55. The van der Waals surface area contributed by atoms with Crippen molar-refractivity contribution >= 4 is 17.7 Å². The van der Waals surface area contributed by atoms with E-state index >= 15 is 0 Å². The Balaban J connectivity index is 1.81. The Kier molecular flexibility index (Phi) is 3.74. The second-order valence-corrected chi connectivity index (χ2v) is 5.83. The van der Waals surface area contributed by atoms with E-state index in [1.165, 1.54) is 18.4 Å². The summed E-state index contributed by atoms with van der Waals surface area (Å²) in [5, 5.41) is 3.47. The van der Waals surface area contributed by atoms with Gasteiger partial charge in [-0.1, -0.05) is 12.1 Å². The first-order valence-corrected chi connectivity index (χ1v) is 7.02. The van der Waals surface area contributed by atoms with E-state index in [1.54, 1.807) is 12.1 Å². The first-order valence-electron chi connectivity index (χ1n) is 5.80. The molecule has 0 aliphatic heterocycles. The van der Waals surface area contributed by atoms with E-state index in [1.807, 2.05) is 23.9 Å². The van der Waals surface area contributed by atoms with Gasteiger partial charge in [-0.3, -0.25) is 4.79 Å². The molecule has 0 unspecified atom stereocenters. The summed E-state index contributed by atoms with van der Waals surface area (Å²) in [6.45, 7) is 1.91. The van der Waals surface area contributed by atoms with Gasteiger partial charge >= 0.3 is 0 Å². The highest BCUT2D eigenvalue weighted by Gasteiger charge is 2.41. The molecule has 0 heterocycles. The molecule has 3 N–H and O–H groups in total. The van der Waals surface area contributed by atoms with Crippen molar-refractivity contribution in [3.05, 3.63) is 35.4 Å². The van der Waals surface area contributed by atoms with Crippen LogP contribution in [0.3, 0.4) is 0 Å². The highest BCUT2D eigenvalue weighted by molar-refractivity contribution is 8.00. The monoisotopic (exact) mass is 250 g/mol. The van der Waals surface area contributed by atoms with Crippen LogP contribution in [-0.4, -0.2) is 23.5 Å². The molecule has 1 amide bonds. The maximum absolute atomic E-state index is 10.9. The summed E-state index contributed by atoms with van der Waals surface area (Å²) in [5.41, 5.74) is 6.94. The van der Waals surface area contributed by atoms with Crippen molar-refractivity contribution in [1.29, 1.82) is 0 Å². The predicted octanol–water partition coefficient (Wildman–Crippen LogP) is 1.77. The summed E-state index contributed by atoms with van der Waals surface area (Å²) in [7, 11) is 0. The van der Waals surface area contributed by atoms with Gasteiger partial charge in [0.05, 0.1) is 0 Å². The fraction of sp³-hybridized carbons (Fsp3) is 0.462. The Bertz CT molecular complexity index is 398. The van der Waals surface area contributed by atoms with E-state index < -0.39 is 0 Å². The summed E-state index contributed by atoms with van der Waals surface area (Å²) in [6, 6.07) is 7.46. The number of carbonyl (C=O) groups is 1. The molecule has 1 aromatic carbocycles. The average Bonchev–Trinajstić information content (AvgIpc) is 3.10. The molecule has 1 aliphatic rings. The quantitative estimate of drug-likeness (QED) is 0.809. The molecule has 92 valence electrons. The molecule has 2 rings (SSSR count). The van der Waals surface area contributed by atoms with E-state index in [-0.39, 0.29) is 5.91 Å². The number of carbonyl (C=O) groups excluding carboxylic acids is 1. The largest absolute Gasteiger partial charge is 0.366 e. The molecule has 17 heavy (non-hydrogen) atoms. The van der Waals surface area contributed by atoms with Crippen LogP contribution in [0.2, 0.25) is 0 Å². The van der Waals surface area contributed by atoms with Gasteiger partial charge in [0.2, 0.25) is 5.91 Å². The Morgan fingerprint density at radius 1 is 1.41 bits per heavy atom. The third-order valence-electron chi connectivity index (χ3n) is 3.26. The number of benzene rings is 1. The van der Waals surface area contributed by atoms with Gasteiger partial charge in [-0.15, -0.1) is 0 Å². The van der Waals surface area contributed by atoms with Crippen molar-refractivity contribution in [2.45, 2.75) is 24.1 Å². The topological polar surface area (TPSA) is 55.1 Å². The number of hydrogen-bond donors (Lipinski definition) is 2. The summed E-state index contributed by atoms with van der Waals surface area (Å²) in [4.78, 5) is 10.9. The van der Waals surface area contributed by atoms with Crippen LogP contribution < -0.4 is 11.1 Å². The molecule has 1 saturated carbocycles. The lowest BCUT2D eigenvalue weighted by molar-refractivity contribution is 0.100. The minimum Gasteiger partial charge on any atom is -0.366 e. The number of nitrogens with one attached hydrogen (secondary N) is 1. The van der Waals surface area contributed by atoms with E-state index in [9.17, 15) is 4.79 Å². The number of rotatable bonds is 6. The molecular formula is C13H18N2OS. The fourth-order valence-corrected chi connectivity index (χ4v) is 2.57. The lowest BCUT2D eigenvalue weighted by atomic mass is 10.1. The van der Waals surface area contributed by atoms with Crippen molar-refractivity contribution < 1.29 is 4.79 Å². The smallest absolute Gasteiger partial charge is 0.248 e. The Morgan fingerprint density at radius 2 is 2.06 bits per heavy atom. The van der Waals surface area contributed by atoms with Crippen molar-refractivity contribution in [2.24, 2.45) is 5.73 Å². The maximum Gasteiger partial charge on any atom is 0.248 e. The van der Waals surface area contributed by atoms with Crippen molar-refractivity contribution in [3.63, 3.8) is 0 Å². The molecule has 0 atom stereocenters. The standard InChI is InChI=1S/C13H18N2OS/c1-17-13(6-7-13)9-15-8-10-2-4-11(5-3-10)12(14)16/h2-5,15H,6-9H2,1H3,(H2,14,16). The van der Waals surface area contributed by atoms with Crippen LogP contribution in [0.15, 0.2) is 24.3 Å². The number of amides is 1. The SMILES string of the molecule is CSC1(CNCc2ccc(C(N)=O)cc2)CC1. The van der Waals surface area contributed by atoms with Crippen LogP contribution >= 0.6 is 11.8 Å². The Labute approximate surface area is 106 Å². The Hall–Kier alpha value is -1.00. The molecule has 1 fully saturated rings. The molecule has 0 aromatic heterocycles. The van der Waals surface area contributed by atoms with Crippen molar-refractivity contribution in [3.8, 4) is 0 Å². The van der Waals surface area contributed by atoms with E-state index in [0.29, 0.717) is 10.3 Å². The second kappa shape index (κ2) is 5.10. The van der Waals surface area contributed by atoms with Gasteiger partial charge in [-0.2, -0.15) is 11.8 Å². The van der Waals surface area contributed by atoms with Crippen LogP contribution in [0.1, 0.15) is 28.8 Å². The van der Waals surface area contributed by atoms with E-state index in [2.05, 4.69) is 11.6 Å². The molecule has 4 heteroatoms. The van der Waals surface area contributed by atoms with Gasteiger partial charge in [-0.05, 0) is 36.8 Å². The molecule has 0 spiro atoms. The van der Waals surface area contributed by atoms with Crippen LogP contribution in [0.5, 0.6) is 0 Å². The third kappa shape index (κ3) is 3.23. The molecule has 1 aromatic rings. The van der Waals surface area contributed by atoms with Gasteiger partial charge < -0.3 is 11.1 Å². The average molecular weight is 250 g/mol. The zero-order chi connectivity index (χ0) is 12.3. The van der Waals surface area contributed by atoms with Gasteiger partial charge in [0.25, 0.3) is 0 Å². The number of hydrogen-bond acceptors (Lipinski definition) is 3. The first-order chi connectivity index (χ1) is 8.15. The van der Waals surface area contributed by atoms with Crippen LogP contribution in [0.25, 0.3) is 0 Å². The lowest BCUT2D eigenvalue weighted by Gasteiger charge is -2.13. The molecule has 0 saturated heterocycles. The zero-order valence-corrected chi connectivity index (χ0v) is 10.8. The summed E-state index contributed by atoms with van der Waals surface area (Å²) in [6.07, 6.45) is 4.82. The van der Waals surface area contributed by atoms with Gasteiger partial charge in [0, 0.05) is 23.4 Å². The predicted molar refractivity (Wildman–Crippen MR) is 72.1 cm³/mol. The maximum atomic E-state index is 10.9. The third-order valence-corrected chi connectivity index (χ3v) is 4.67. The number of nitrogens with two attached hydrogens (primary N) is 1. The lowest BCUT2D eigenvalue weighted by Crippen LogP contribution is -2.25. The zero-order valence-electron chi connectivity index (χ0n) is 10.0. The highest BCUT2D eigenvalue weighted by atomic mass is 32.2. The van der Waals surface area contributed by atoms with Crippen LogP contribution in [0.4, 0.5) is 0 Å². The fourth-order valence-electron chi connectivity index (χ4n) is 1.81. The minimum absolute atomic E-state index is 0.371. The first kappa shape index (κ1) is 12.5. The molecule has 0 radical (unpaired) electrons. The molecule has 3 nitrogen and oxygen atoms in total. The van der Waals surface area contributed by atoms with E-state index in [4.69, 9.17) is 5.73 Å².